The zero-order valence-electron chi connectivity index (χ0n) is 13.4. The smallest absolute Gasteiger partial charge is 0.161 e. The first-order chi connectivity index (χ1) is 11.1. The molecule has 0 bridgehead atoms. The van der Waals surface area contributed by atoms with Crippen molar-refractivity contribution in [3.63, 3.8) is 0 Å². The van der Waals surface area contributed by atoms with Crippen molar-refractivity contribution in [3.8, 4) is 11.5 Å². The summed E-state index contributed by atoms with van der Waals surface area (Å²) in [7, 11) is 1.61. The lowest BCUT2D eigenvalue weighted by molar-refractivity contribution is 0.196. The summed E-state index contributed by atoms with van der Waals surface area (Å²) in [5, 5.41) is 13.1. The van der Waals surface area contributed by atoms with Gasteiger partial charge in [-0.2, -0.15) is 0 Å². The first kappa shape index (κ1) is 17.6. The van der Waals surface area contributed by atoms with Crippen molar-refractivity contribution >= 4 is 11.6 Å². The Labute approximate surface area is 142 Å². The van der Waals surface area contributed by atoms with Crippen molar-refractivity contribution in [2.75, 3.05) is 20.3 Å². The van der Waals surface area contributed by atoms with Crippen LogP contribution in [0.2, 0.25) is 5.02 Å². The second-order valence-electron chi connectivity index (χ2n) is 5.21. The Morgan fingerprint density at radius 2 is 1.87 bits per heavy atom. The second-order valence-corrected chi connectivity index (χ2v) is 5.65. The highest BCUT2D eigenvalue weighted by atomic mass is 35.5. The Hall–Kier alpha value is -1.75. The average molecular weight is 336 g/mol. The maximum absolute atomic E-state index is 8.85. The number of benzene rings is 2. The first-order valence-corrected chi connectivity index (χ1v) is 7.91. The van der Waals surface area contributed by atoms with Crippen molar-refractivity contribution in [3.05, 3.63) is 58.6 Å². The molecule has 2 aromatic rings. The molecule has 0 heterocycles. The summed E-state index contributed by atoms with van der Waals surface area (Å²) in [5.74, 6) is 1.30. The van der Waals surface area contributed by atoms with Gasteiger partial charge < -0.3 is 19.9 Å². The van der Waals surface area contributed by atoms with Crippen LogP contribution in [0.25, 0.3) is 0 Å². The van der Waals surface area contributed by atoms with Gasteiger partial charge in [-0.15, -0.1) is 0 Å². The van der Waals surface area contributed by atoms with Crippen molar-refractivity contribution in [1.82, 2.24) is 5.32 Å². The highest BCUT2D eigenvalue weighted by molar-refractivity contribution is 6.30. The molecule has 0 radical (unpaired) electrons. The van der Waals surface area contributed by atoms with Crippen molar-refractivity contribution in [2.24, 2.45) is 0 Å². The fraction of sp³-hybridized carbons (Fsp3) is 0.333. The molecule has 0 aliphatic heterocycles. The topological polar surface area (TPSA) is 50.7 Å². The van der Waals surface area contributed by atoms with E-state index in [1.807, 2.05) is 42.5 Å². The predicted molar refractivity (Wildman–Crippen MR) is 92.3 cm³/mol. The number of rotatable bonds is 8. The van der Waals surface area contributed by atoms with Crippen molar-refractivity contribution in [2.45, 2.75) is 19.5 Å². The first-order valence-electron chi connectivity index (χ1n) is 7.53. The molecule has 2 aromatic carbocycles. The standard InChI is InChI=1S/C18H22ClNO3/c1-13(20-12-14-3-6-16(19)7-4-14)15-5-8-17(23-10-9-21)18(11-15)22-2/h3-8,11,13,20-21H,9-10,12H2,1-2H3. The van der Waals surface area contributed by atoms with E-state index in [0.29, 0.717) is 11.5 Å². The molecule has 0 spiro atoms. The van der Waals surface area contributed by atoms with Crippen LogP contribution < -0.4 is 14.8 Å². The van der Waals surface area contributed by atoms with Crippen molar-refractivity contribution < 1.29 is 14.6 Å². The highest BCUT2D eigenvalue weighted by Crippen LogP contribution is 2.30. The molecule has 2 rings (SSSR count). The molecule has 0 saturated heterocycles. The van der Waals surface area contributed by atoms with Crippen LogP contribution in [0.1, 0.15) is 24.1 Å². The Morgan fingerprint density at radius 1 is 1.13 bits per heavy atom. The Bertz CT molecular complexity index is 616. The quantitative estimate of drug-likeness (QED) is 0.774. The monoisotopic (exact) mass is 335 g/mol. The number of nitrogens with one attached hydrogen (secondary N) is 1. The van der Waals surface area contributed by atoms with E-state index in [0.717, 1.165) is 17.1 Å². The Balaban J connectivity index is 2.00. The molecule has 0 aliphatic rings. The number of methoxy groups -OCH3 is 1. The maximum Gasteiger partial charge on any atom is 0.161 e. The molecule has 2 N–H and O–H groups in total. The molecule has 0 aliphatic carbocycles. The molecule has 0 amide bonds. The summed E-state index contributed by atoms with van der Waals surface area (Å²) in [6.07, 6.45) is 0. The lowest BCUT2D eigenvalue weighted by atomic mass is 10.1. The van der Waals surface area contributed by atoms with Gasteiger partial charge in [0.1, 0.15) is 6.61 Å². The van der Waals surface area contributed by atoms with E-state index in [4.69, 9.17) is 26.2 Å². The summed E-state index contributed by atoms with van der Waals surface area (Å²) in [6.45, 7) is 3.08. The minimum atomic E-state index is -0.0239. The Morgan fingerprint density at radius 3 is 2.52 bits per heavy atom. The molecule has 0 aromatic heterocycles. The average Bonchev–Trinajstić information content (AvgIpc) is 2.59. The molecule has 5 heteroatoms. The number of aliphatic hydroxyl groups is 1. The molecule has 1 atom stereocenters. The van der Waals surface area contributed by atoms with Gasteiger partial charge >= 0.3 is 0 Å². The van der Waals surface area contributed by atoms with Crippen LogP contribution in [-0.4, -0.2) is 25.4 Å². The van der Waals surface area contributed by atoms with E-state index >= 15 is 0 Å². The summed E-state index contributed by atoms with van der Waals surface area (Å²) >= 11 is 5.89. The van der Waals surface area contributed by atoms with Gasteiger partial charge in [-0.25, -0.2) is 0 Å². The van der Waals surface area contributed by atoms with Gasteiger partial charge in [0.2, 0.25) is 0 Å². The van der Waals surface area contributed by atoms with Gasteiger partial charge in [0, 0.05) is 17.6 Å². The number of ether oxygens (including phenoxy) is 2. The van der Waals surface area contributed by atoms with Crippen LogP contribution in [-0.2, 0) is 6.54 Å². The number of hydrogen-bond acceptors (Lipinski definition) is 4. The number of halogens is 1. The normalized spacial score (nSPS) is 12.0. The second kappa shape index (κ2) is 8.77. The molecule has 0 fully saturated rings. The minimum absolute atomic E-state index is 0.0239. The zero-order chi connectivity index (χ0) is 16.7. The van der Waals surface area contributed by atoms with Crippen LogP contribution in [0.3, 0.4) is 0 Å². The predicted octanol–water partition coefficient (Wildman–Crippen LogP) is 3.57. The molecular weight excluding hydrogens is 314 g/mol. The SMILES string of the molecule is COc1cc(C(C)NCc2ccc(Cl)cc2)ccc1OCCO. The summed E-state index contributed by atoms with van der Waals surface area (Å²) in [5.41, 5.74) is 2.28. The summed E-state index contributed by atoms with van der Waals surface area (Å²) < 4.78 is 10.8. The van der Waals surface area contributed by atoms with Crippen LogP contribution in [0.15, 0.2) is 42.5 Å². The summed E-state index contributed by atoms with van der Waals surface area (Å²) in [6, 6.07) is 13.8. The molecule has 0 saturated carbocycles. The molecule has 23 heavy (non-hydrogen) atoms. The van der Waals surface area contributed by atoms with Gasteiger partial charge in [0.15, 0.2) is 11.5 Å². The molecule has 1 unspecified atom stereocenters. The molecule has 4 nitrogen and oxygen atoms in total. The fourth-order valence-electron chi connectivity index (χ4n) is 2.22. The van der Waals surface area contributed by atoms with Gasteiger partial charge in [0.05, 0.1) is 13.7 Å². The number of hydrogen-bond donors (Lipinski definition) is 2. The maximum atomic E-state index is 8.85. The third kappa shape index (κ3) is 5.13. The van der Waals surface area contributed by atoms with Gasteiger partial charge in [-0.1, -0.05) is 29.8 Å². The lowest BCUT2D eigenvalue weighted by Gasteiger charge is -2.17. The van der Waals surface area contributed by atoms with Crippen LogP contribution in [0, 0.1) is 0 Å². The molecule has 124 valence electrons. The summed E-state index contributed by atoms with van der Waals surface area (Å²) in [4.78, 5) is 0. The van der Waals surface area contributed by atoms with Gasteiger partial charge in [0.25, 0.3) is 0 Å². The van der Waals surface area contributed by atoms with Crippen LogP contribution >= 0.6 is 11.6 Å². The van der Waals surface area contributed by atoms with E-state index in [1.165, 1.54) is 5.56 Å². The van der Waals surface area contributed by atoms with Crippen LogP contribution in [0.5, 0.6) is 11.5 Å². The third-order valence-electron chi connectivity index (χ3n) is 3.56. The zero-order valence-corrected chi connectivity index (χ0v) is 14.1. The highest BCUT2D eigenvalue weighted by Gasteiger charge is 2.10. The van der Waals surface area contributed by atoms with Gasteiger partial charge in [-0.3, -0.25) is 0 Å². The number of aliphatic hydroxyl groups excluding tert-OH is 1. The lowest BCUT2D eigenvalue weighted by Crippen LogP contribution is -2.18. The van der Waals surface area contributed by atoms with E-state index in [1.54, 1.807) is 7.11 Å². The van der Waals surface area contributed by atoms with E-state index < -0.39 is 0 Å². The molecular formula is C18H22ClNO3. The van der Waals surface area contributed by atoms with Gasteiger partial charge in [-0.05, 0) is 42.3 Å². The Kier molecular flexibility index (Phi) is 6.71. The van der Waals surface area contributed by atoms with Crippen LogP contribution in [0.4, 0.5) is 0 Å². The van der Waals surface area contributed by atoms with E-state index in [2.05, 4.69) is 12.2 Å². The van der Waals surface area contributed by atoms with E-state index in [-0.39, 0.29) is 19.3 Å². The fourth-order valence-corrected chi connectivity index (χ4v) is 2.35. The largest absolute Gasteiger partial charge is 0.493 e. The van der Waals surface area contributed by atoms with E-state index in [9.17, 15) is 0 Å². The third-order valence-corrected chi connectivity index (χ3v) is 3.81. The minimum Gasteiger partial charge on any atom is -0.493 e. The van der Waals surface area contributed by atoms with Crippen molar-refractivity contribution in [1.29, 1.82) is 0 Å².